The normalized spacial score (nSPS) is 12.3. The van der Waals surface area contributed by atoms with Crippen LogP contribution in [-0.2, 0) is 12.2 Å². The quantitative estimate of drug-likeness (QED) is 0.498. The summed E-state index contributed by atoms with van der Waals surface area (Å²) in [4.78, 5) is 0. The number of thioether (sulfide) groups is 1. The summed E-state index contributed by atoms with van der Waals surface area (Å²) in [6, 6.07) is 15.1. The second-order valence-electron chi connectivity index (χ2n) is 5.50. The molecule has 0 aliphatic carbocycles. The highest BCUT2D eigenvalue weighted by atomic mass is 79.9. The Morgan fingerprint density at radius 2 is 1.96 bits per heavy atom. The maximum absolute atomic E-state index is 13.7. The lowest BCUT2D eigenvalue weighted by Gasteiger charge is -2.08. The van der Waals surface area contributed by atoms with Gasteiger partial charge in [-0.05, 0) is 35.2 Å². The van der Waals surface area contributed by atoms with E-state index in [1.54, 1.807) is 12.1 Å². The predicted molar refractivity (Wildman–Crippen MR) is 96.5 cm³/mol. The summed E-state index contributed by atoms with van der Waals surface area (Å²) < 4.78 is 20.3. The molecule has 0 bridgehead atoms. The van der Waals surface area contributed by atoms with Gasteiger partial charge in [0.2, 0.25) is 5.89 Å². The van der Waals surface area contributed by atoms with Crippen molar-refractivity contribution in [2.75, 3.05) is 0 Å². The summed E-state index contributed by atoms with van der Waals surface area (Å²) in [5, 5.41) is 8.60. The topological polar surface area (TPSA) is 38.9 Å². The maximum Gasteiger partial charge on any atom is 0.276 e. The highest BCUT2D eigenvalue weighted by Gasteiger charge is 2.13. The fourth-order valence-corrected chi connectivity index (χ4v) is 3.50. The zero-order valence-corrected chi connectivity index (χ0v) is 15.5. The molecular weight excluding hydrogens is 391 g/mol. The third-order valence-corrected chi connectivity index (χ3v) is 5.02. The van der Waals surface area contributed by atoms with Gasteiger partial charge in [0.15, 0.2) is 0 Å². The average Bonchev–Trinajstić information content (AvgIpc) is 3.04. The number of aromatic nitrogens is 2. The van der Waals surface area contributed by atoms with Crippen LogP contribution in [0.3, 0.4) is 0 Å². The van der Waals surface area contributed by atoms with Crippen LogP contribution in [0.25, 0.3) is 0 Å². The van der Waals surface area contributed by atoms with Gasteiger partial charge in [-0.15, -0.1) is 10.2 Å². The van der Waals surface area contributed by atoms with Gasteiger partial charge in [-0.2, -0.15) is 0 Å². The lowest BCUT2D eigenvalue weighted by atomic mass is 9.98. The molecule has 0 amide bonds. The highest BCUT2D eigenvalue weighted by Crippen LogP contribution is 2.26. The molecule has 1 heterocycles. The molecule has 1 unspecified atom stereocenters. The summed E-state index contributed by atoms with van der Waals surface area (Å²) >= 11 is 4.69. The van der Waals surface area contributed by atoms with Crippen LogP contribution in [0.1, 0.15) is 29.9 Å². The van der Waals surface area contributed by atoms with E-state index >= 15 is 0 Å². The molecular formula is C18H16BrFN2OS. The van der Waals surface area contributed by atoms with E-state index in [1.165, 1.54) is 23.4 Å². The Balaban J connectivity index is 1.60. The zero-order valence-electron chi connectivity index (χ0n) is 13.1. The van der Waals surface area contributed by atoms with E-state index in [0.29, 0.717) is 34.8 Å². The molecule has 0 N–H and O–H groups in total. The molecule has 1 atom stereocenters. The second-order valence-corrected chi connectivity index (χ2v) is 7.34. The van der Waals surface area contributed by atoms with Gasteiger partial charge in [-0.3, -0.25) is 0 Å². The molecule has 1 aromatic heterocycles. The predicted octanol–water partition coefficient (Wildman–Crippen LogP) is 5.61. The smallest absolute Gasteiger partial charge is 0.276 e. The standard InChI is InChI=1S/C18H16BrFN2OS/c1-12(13-5-3-2-4-6-13)9-17-21-22-18(23-17)24-11-14-10-15(19)7-8-16(14)20/h2-8,10,12H,9,11H2,1H3. The minimum atomic E-state index is -0.233. The van der Waals surface area contributed by atoms with Crippen LogP contribution >= 0.6 is 27.7 Å². The van der Waals surface area contributed by atoms with Gasteiger partial charge in [-0.25, -0.2) is 4.39 Å². The third-order valence-electron chi connectivity index (χ3n) is 3.66. The SMILES string of the molecule is CC(Cc1nnc(SCc2cc(Br)ccc2F)o1)c1ccccc1. The fraction of sp³-hybridized carbons (Fsp3) is 0.222. The number of benzene rings is 2. The zero-order chi connectivity index (χ0) is 16.9. The molecule has 3 aromatic rings. The van der Waals surface area contributed by atoms with Crippen LogP contribution in [0.4, 0.5) is 4.39 Å². The van der Waals surface area contributed by atoms with Gasteiger partial charge in [0.25, 0.3) is 5.22 Å². The van der Waals surface area contributed by atoms with Crippen LogP contribution < -0.4 is 0 Å². The molecule has 6 heteroatoms. The van der Waals surface area contributed by atoms with Gasteiger partial charge in [0.1, 0.15) is 5.82 Å². The summed E-state index contributed by atoms with van der Waals surface area (Å²) in [7, 11) is 0. The van der Waals surface area contributed by atoms with Crippen molar-refractivity contribution in [3.63, 3.8) is 0 Å². The largest absolute Gasteiger partial charge is 0.416 e. The van der Waals surface area contributed by atoms with E-state index in [-0.39, 0.29) is 5.82 Å². The second kappa shape index (κ2) is 7.94. The Bertz CT molecular complexity index is 810. The summed E-state index contributed by atoms with van der Waals surface area (Å²) in [5.41, 5.74) is 1.84. The highest BCUT2D eigenvalue weighted by molar-refractivity contribution is 9.10. The Morgan fingerprint density at radius 1 is 1.17 bits per heavy atom. The first-order chi connectivity index (χ1) is 11.6. The molecule has 3 rings (SSSR count). The van der Waals surface area contributed by atoms with Crippen molar-refractivity contribution in [1.29, 1.82) is 0 Å². The lowest BCUT2D eigenvalue weighted by Crippen LogP contribution is -1.98. The van der Waals surface area contributed by atoms with E-state index in [9.17, 15) is 4.39 Å². The van der Waals surface area contributed by atoms with E-state index in [1.807, 2.05) is 18.2 Å². The Kier molecular flexibility index (Phi) is 5.68. The molecule has 0 aliphatic heterocycles. The molecule has 0 fully saturated rings. The number of nitrogens with zero attached hydrogens (tertiary/aromatic N) is 2. The third kappa shape index (κ3) is 4.45. The fourth-order valence-electron chi connectivity index (χ4n) is 2.33. The molecule has 24 heavy (non-hydrogen) atoms. The Labute approximate surface area is 152 Å². The number of halogens is 2. The van der Waals surface area contributed by atoms with Gasteiger partial charge >= 0.3 is 0 Å². The number of hydrogen-bond acceptors (Lipinski definition) is 4. The first kappa shape index (κ1) is 17.2. The molecule has 0 aliphatic rings. The molecule has 3 nitrogen and oxygen atoms in total. The molecule has 124 valence electrons. The van der Waals surface area contributed by atoms with Crippen molar-refractivity contribution in [3.05, 3.63) is 75.8 Å². The number of rotatable bonds is 6. The van der Waals surface area contributed by atoms with E-state index in [2.05, 4.69) is 45.2 Å². The molecule has 2 aromatic carbocycles. The number of hydrogen-bond donors (Lipinski definition) is 0. The average molecular weight is 407 g/mol. The van der Waals surface area contributed by atoms with Crippen molar-refractivity contribution in [3.8, 4) is 0 Å². The monoisotopic (exact) mass is 406 g/mol. The van der Waals surface area contributed by atoms with Gasteiger partial charge in [-0.1, -0.05) is 64.9 Å². The van der Waals surface area contributed by atoms with Crippen molar-refractivity contribution in [2.24, 2.45) is 0 Å². The maximum atomic E-state index is 13.7. The van der Waals surface area contributed by atoms with E-state index in [0.717, 1.165) is 4.47 Å². The van der Waals surface area contributed by atoms with Crippen LogP contribution in [-0.4, -0.2) is 10.2 Å². The molecule has 0 spiro atoms. The van der Waals surface area contributed by atoms with Gasteiger partial charge in [0.05, 0.1) is 0 Å². The van der Waals surface area contributed by atoms with Gasteiger partial charge in [0, 0.05) is 16.6 Å². The summed E-state index contributed by atoms with van der Waals surface area (Å²) in [5.74, 6) is 1.11. The Morgan fingerprint density at radius 3 is 2.75 bits per heavy atom. The van der Waals surface area contributed by atoms with Gasteiger partial charge < -0.3 is 4.42 Å². The van der Waals surface area contributed by atoms with E-state index in [4.69, 9.17) is 4.42 Å². The minimum absolute atomic E-state index is 0.233. The van der Waals surface area contributed by atoms with Crippen molar-refractivity contribution in [2.45, 2.75) is 30.2 Å². The first-order valence-electron chi connectivity index (χ1n) is 7.56. The van der Waals surface area contributed by atoms with Crippen molar-refractivity contribution in [1.82, 2.24) is 10.2 Å². The molecule has 0 saturated heterocycles. The first-order valence-corrected chi connectivity index (χ1v) is 9.33. The molecule has 0 saturated carbocycles. The van der Waals surface area contributed by atoms with Crippen LogP contribution in [0, 0.1) is 5.82 Å². The van der Waals surface area contributed by atoms with Crippen LogP contribution in [0.5, 0.6) is 0 Å². The minimum Gasteiger partial charge on any atom is -0.416 e. The summed E-state index contributed by atoms with van der Waals surface area (Å²) in [6.45, 7) is 2.13. The molecule has 0 radical (unpaired) electrons. The van der Waals surface area contributed by atoms with Crippen LogP contribution in [0.2, 0.25) is 0 Å². The van der Waals surface area contributed by atoms with Crippen molar-refractivity contribution < 1.29 is 8.81 Å². The van der Waals surface area contributed by atoms with Crippen LogP contribution in [0.15, 0.2) is 62.6 Å². The summed E-state index contributed by atoms with van der Waals surface area (Å²) in [6.07, 6.45) is 0.683. The lowest BCUT2D eigenvalue weighted by molar-refractivity contribution is 0.404. The Hall–Kier alpha value is -1.66. The van der Waals surface area contributed by atoms with Crippen molar-refractivity contribution >= 4 is 27.7 Å². The van der Waals surface area contributed by atoms with E-state index < -0.39 is 0 Å².